The minimum absolute atomic E-state index is 0.284. The molecule has 3 heterocycles. The van der Waals surface area contributed by atoms with E-state index in [-0.39, 0.29) is 6.79 Å². The number of nitrogens with zero attached hydrogens (tertiary/aromatic N) is 2. The van der Waals surface area contributed by atoms with Gasteiger partial charge >= 0.3 is 0 Å². The Balaban J connectivity index is 1.72. The summed E-state index contributed by atoms with van der Waals surface area (Å²) in [7, 11) is 4.11. The average Bonchev–Trinajstić information content (AvgIpc) is 3.21. The van der Waals surface area contributed by atoms with E-state index in [1.165, 1.54) is 0 Å². The van der Waals surface area contributed by atoms with Crippen molar-refractivity contribution >= 4 is 16.9 Å². The maximum atomic E-state index is 5.51. The van der Waals surface area contributed by atoms with Crippen molar-refractivity contribution in [1.82, 2.24) is 14.9 Å². The zero-order chi connectivity index (χ0) is 16.5. The molecule has 6 heteroatoms. The molecule has 0 saturated heterocycles. The van der Waals surface area contributed by atoms with Gasteiger partial charge in [-0.25, -0.2) is 4.98 Å². The van der Waals surface area contributed by atoms with Crippen molar-refractivity contribution in [3.8, 4) is 22.6 Å². The second-order valence-electron chi connectivity index (χ2n) is 6.09. The molecule has 1 aromatic carbocycles. The van der Waals surface area contributed by atoms with Crippen LogP contribution in [0.3, 0.4) is 0 Å². The van der Waals surface area contributed by atoms with Crippen LogP contribution in [-0.4, -0.2) is 48.8 Å². The van der Waals surface area contributed by atoms with Crippen molar-refractivity contribution in [2.45, 2.75) is 0 Å². The van der Waals surface area contributed by atoms with Gasteiger partial charge in [-0.2, -0.15) is 0 Å². The molecule has 3 aromatic rings. The number of aromatic nitrogens is 2. The monoisotopic (exact) mass is 324 g/mol. The zero-order valence-corrected chi connectivity index (χ0v) is 13.8. The fourth-order valence-corrected chi connectivity index (χ4v) is 2.84. The van der Waals surface area contributed by atoms with E-state index < -0.39 is 0 Å². The fraction of sp³-hybridized carbons (Fsp3) is 0.278. The Hall–Kier alpha value is -2.73. The van der Waals surface area contributed by atoms with Crippen LogP contribution in [0.4, 0.5) is 5.82 Å². The first-order chi connectivity index (χ1) is 11.7. The van der Waals surface area contributed by atoms with E-state index in [2.05, 4.69) is 46.4 Å². The normalized spacial score (nSPS) is 13.0. The average molecular weight is 324 g/mol. The SMILES string of the molecule is CN(C)CCNc1cc(-c2ccc3c(c2)OCO3)c2cc[nH]c2n1. The molecule has 2 aromatic heterocycles. The van der Waals surface area contributed by atoms with E-state index in [1.54, 1.807) is 0 Å². The summed E-state index contributed by atoms with van der Waals surface area (Å²) in [5.74, 6) is 2.44. The molecule has 0 saturated carbocycles. The highest BCUT2D eigenvalue weighted by Crippen LogP contribution is 2.38. The minimum Gasteiger partial charge on any atom is -0.454 e. The number of nitrogens with one attached hydrogen (secondary N) is 2. The fourth-order valence-electron chi connectivity index (χ4n) is 2.84. The summed E-state index contributed by atoms with van der Waals surface area (Å²) < 4.78 is 10.9. The van der Waals surface area contributed by atoms with Crippen LogP contribution in [0.2, 0.25) is 0 Å². The van der Waals surface area contributed by atoms with Crippen molar-refractivity contribution in [2.75, 3.05) is 39.3 Å². The Labute approximate surface area is 140 Å². The molecule has 0 spiro atoms. The van der Waals surface area contributed by atoms with Gasteiger partial charge in [0.05, 0.1) is 0 Å². The Morgan fingerprint density at radius 2 is 2.04 bits per heavy atom. The Morgan fingerprint density at radius 3 is 2.92 bits per heavy atom. The summed E-state index contributed by atoms with van der Waals surface area (Å²) in [6.07, 6.45) is 1.91. The van der Waals surface area contributed by atoms with E-state index in [0.29, 0.717) is 0 Å². The molecule has 124 valence electrons. The molecule has 0 unspecified atom stereocenters. The summed E-state index contributed by atoms with van der Waals surface area (Å²) in [5, 5.41) is 4.48. The number of benzene rings is 1. The summed E-state index contributed by atoms with van der Waals surface area (Å²) in [5.41, 5.74) is 3.08. The highest BCUT2D eigenvalue weighted by atomic mass is 16.7. The van der Waals surface area contributed by atoms with Gasteiger partial charge in [0.1, 0.15) is 11.5 Å². The number of pyridine rings is 1. The minimum atomic E-state index is 0.284. The first kappa shape index (κ1) is 14.8. The Kier molecular flexibility index (Phi) is 3.74. The standard InChI is InChI=1S/C18H20N4O2/c1-22(2)8-7-19-17-10-14(13-5-6-20-18(13)21-17)12-3-4-15-16(9-12)24-11-23-15/h3-6,9-10H,7-8,11H2,1-2H3,(H2,19,20,21). The number of hydrogen-bond acceptors (Lipinski definition) is 5. The number of ether oxygens (including phenoxy) is 2. The highest BCUT2D eigenvalue weighted by molar-refractivity contribution is 5.95. The van der Waals surface area contributed by atoms with Gasteiger partial charge in [-0.3, -0.25) is 0 Å². The van der Waals surface area contributed by atoms with Crippen LogP contribution >= 0.6 is 0 Å². The van der Waals surface area contributed by atoms with E-state index in [9.17, 15) is 0 Å². The molecule has 2 N–H and O–H groups in total. The Bertz CT molecular complexity index is 873. The number of H-pyrrole nitrogens is 1. The molecular formula is C18H20N4O2. The zero-order valence-electron chi connectivity index (χ0n) is 13.8. The maximum Gasteiger partial charge on any atom is 0.231 e. The van der Waals surface area contributed by atoms with Crippen molar-refractivity contribution < 1.29 is 9.47 Å². The van der Waals surface area contributed by atoms with Gasteiger partial charge in [0.25, 0.3) is 0 Å². The van der Waals surface area contributed by atoms with Gasteiger partial charge in [0, 0.05) is 24.7 Å². The van der Waals surface area contributed by atoms with E-state index in [1.807, 2.05) is 24.4 Å². The Morgan fingerprint density at radius 1 is 1.17 bits per heavy atom. The number of rotatable bonds is 5. The predicted molar refractivity (Wildman–Crippen MR) is 94.7 cm³/mol. The lowest BCUT2D eigenvalue weighted by atomic mass is 10.0. The highest BCUT2D eigenvalue weighted by Gasteiger charge is 2.16. The topological polar surface area (TPSA) is 62.4 Å². The molecule has 0 fully saturated rings. The van der Waals surface area contributed by atoms with Crippen molar-refractivity contribution in [2.24, 2.45) is 0 Å². The first-order valence-corrected chi connectivity index (χ1v) is 7.97. The van der Waals surface area contributed by atoms with E-state index in [4.69, 9.17) is 9.47 Å². The molecule has 0 radical (unpaired) electrons. The molecule has 24 heavy (non-hydrogen) atoms. The molecule has 4 rings (SSSR count). The molecule has 0 atom stereocenters. The van der Waals surface area contributed by atoms with E-state index in [0.717, 1.165) is 52.6 Å². The van der Waals surface area contributed by atoms with Crippen molar-refractivity contribution in [1.29, 1.82) is 0 Å². The molecule has 0 aliphatic carbocycles. The number of hydrogen-bond donors (Lipinski definition) is 2. The van der Waals surface area contributed by atoms with Crippen LogP contribution in [0.15, 0.2) is 36.5 Å². The summed E-state index contributed by atoms with van der Waals surface area (Å²) in [6, 6.07) is 10.2. The molecule has 0 amide bonds. The van der Waals surface area contributed by atoms with Crippen LogP contribution in [0.1, 0.15) is 0 Å². The number of anilines is 1. The molecule has 6 nitrogen and oxygen atoms in total. The van der Waals surface area contributed by atoms with Crippen LogP contribution in [0.5, 0.6) is 11.5 Å². The van der Waals surface area contributed by atoms with Gasteiger partial charge < -0.3 is 24.7 Å². The van der Waals surface area contributed by atoms with Crippen LogP contribution in [0, 0.1) is 0 Å². The molecule has 1 aliphatic heterocycles. The lowest BCUT2D eigenvalue weighted by Crippen LogP contribution is -2.21. The number of fused-ring (bicyclic) bond motifs is 2. The summed E-state index contributed by atoms with van der Waals surface area (Å²) in [4.78, 5) is 9.99. The van der Waals surface area contributed by atoms with Crippen LogP contribution in [0.25, 0.3) is 22.2 Å². The molecular weight excluding hydrogens is 304 g/mol. The smallest absolute Gasteiger partial charge is 0.231 e. The van der Waals surface area contributed by atoms with Gasteiger partial charge in [0.15, 0.2) is 11.5 Å². The third-order valence-corrected chi connectivity index (χ3v) is 4.08. The predicted octanol–water partition coefficient (Wildman–Crippen LogP) is 2.93. The third kappa shape index (κ3) is 2.76. The first-order valence-electron chi connectivity index (χ1n) is 7.97. The van der Waals surface area contributed by atoms with Gasteiger partial charge in [-0.15, -0.1) is 0 Å². The summed E-state index contributed by atoms with van der Waals surface area (Å²) in [6.45, 7) is 2.07. The number of aromatic amines is 1. The van der Waals surface area contributed by atoms with Gasteiger partial charge in [-0.1, -0.05) is 6.07 Å². The molecule has 1 aliphatic rings. The quantitative estimate of drug-likeness (QED) is 0.755. The molecule has 0 bridgehead atoms. The van der Waals surface area contributed by atoms with Gasteiger partial charge in [0.2, 0.25) is 6.79 Å². The third-order valence-electron chi connectivity index (χ3n) is 4.08. The second-order valence-corrected chi connectivity index (χ2v) is 6.09. The largest absolute Gasteiger partial charge is 0.454 e. The van der Waals surface area contributed by atoms with E-state index >= 15 is 0 Å². The maximum absolute atomic E-state index is 5.51. The second kappa shape index (κ2) is 6.05. The lowest BCUT2D eigenvalue weighted by Gasteiger charge is -2.12. The lowest BCUT2D eigenvalue weighted by molar-refractivity contribution is 0.174. The number of likely N-dealkylation sites (N-methyl/N-ethyl adjacent to an activating group) is 1. The van der Waals surface area contributed by atoms with Crippen molar-refractivity contribution in [3.63, 3.8) is 0 Å². The van der Waals surface area contributed by atoms with Crippen LogP contribution < -0.4 is 14.8 Å². The van der Waals surface area contributed by atoms with Crippen molar-refractivity contribution in [3.05, 3.63) is 36.5 Å². The summed E-state index contributed by atoms with van der Waals surface area (Å²) >= 11 is 0. The van der Waals surface area contributed by atoms with Crippen LogP contribution in [-0.2, 0) is 0 Å². The van der Waals surface area contributed by atoms with Gasteiger partial charge in [-0.05, 0) is 49.5 Å².